The molecule has 1 aromatic rings. The van der Waals surface area contributed by atoms with Crippen LogP contribution in [0.3, 0.4) is 0 Å². The van der Waals surface area contributed by atoms with E-state index >= 15 is 0 Å². The summed E-state index contributed by atoms with van der Waals surface area (Å²) in [6.45, 7) is 9.02. The normalized spacial score (nSPS) is 16.4. The number of carbonyl (C=O) groups is 1. The van der Waals surface area contributed by atoms with Gasteiger partial charge in [0.05, 0.1) is 6.61 Å². The summed E-state index contributed by atoms with van der Waals surface area (Å²) in [6.07, 6.45) is 1.74. The van der Waals surface area contributed by atoms with Crippen LogP contribution >= 0.6 is 0 Å². The Bertz CT molecular complexity index is 665. The van der Waals surface area contributed by atoms with Crippen LogP contribution in [-0.4, -0.2) is 80.1 Å². The number of hydrogen-bond donors (Lipinski definition) is 1. The fraction of sp³-hybridized carbons (Fsp3) is 0.619. The number of hydrogen-bond acceptors (Lipinski definition) is 6. The Labute approximate surface area is 172 Å². The Morgan fingerprint density at radius 1 is 1.45 bits per heavy atom. The zero-order valence-electron chi connectivity index (χ0n) is 17.3. The molecule has 1 saturated heterocycles. The zero-order valence-corrected chi connectivity index (χ0v) is 17.3. The zero-order chi connectivity index (χ0) is 21.2. The third-order valence-corrected chi connectivity index (χ3v) is 5.40. The van der Waals surface area contributed by atoms with Crippen molar-refractivity contribution in [3.63, 3.8) is 0 Å². The minimum atomic E-state index is -1.11. The molecule has 0 radical (unpaired) electrons. The highest BCUT2D eigenvalue weighted by atomic mass is 19.1. The van der Waals surface area contributed by atoms with E-state index in [1.54, 1.807) is 11.0 Å². The van der Waals surface area contributed by atoms with Crippen molar-refractivity contribution in [2.75, 3.05) is 46.4 Å². The third kappa shape index (κ3) is 7.06. The summed E-state index contributed by atoms with van der Waals surface area (Å²) in [5, 5.41) is 13.3. The molecule has 162 valence electrons. The van der Waals surface area contributed by atoms with Crippen LogP contribution in [0.4, 0.5) is 4.39 Å². The van der Waals surface area contributed by atoms with E-state index in [0.29, 0.717) is 24.8 Å². The first-order valence-corrected chi connectivity index (χ1v) is 10.1. The molecule has 7 nitrogen and oxygen atoms in total. The van der Waals surface area contributed by atoms with E-state index < -0.39 is 6.10 Å². The smallest absolute Gasteiger partial charge is 0.253 e. The summed E-state index contributed by atoms with van der Waals surface area (Å²) < 4.78 is 18.3. The van der Waals surface area contributed by atoms with Gasteiger partial charge in [-0.05, 0) is 56.8 Å². The molecule has 1 aliphatic heterocycles. The van der Waals surface area contributed by atoms with Crippen molar-refractivity contribution >= 4 is 12.6 Å². The van der Waals surface area contributed by atoms with Crippen molar-refractivity contribution in [1.29, 1.82) is 0 Å². The van der Waals surface area contributed by atoms with Gasteiger partial charge in [-0.15, -0.1) is 0 Å². The molecule has 1 fully saturated rings. The lowest BCUT2D eigenvalue weighted by molar-refractivity contribution is -0.142. The molecule has 0 aromatic heterocycles. The number of ether oxygens (including phenoxy) is 1. The number of nitrogens with zero attached hydrogens (tertiary/aromatic N) is 3. The van der Waals surface area contributed by atoms with Crippen molar-refractivity contribution in [2.24, 2.45) is 11.1 Å². The summed E-state index contributed by atoms with van der Waals surface area (Å²) in [6, 6.07) is 4.53. The molecule has 1 N–H and O–H groups in total. The summed E-state index contributed by atoms with van der Waals surface area (Å²) in [7, 11) is 1.46. The number of rotatable bonds is 11. The monoisotopic (exact) mass is 409 g/mol. The summed E-state index contributed by atoms with van der Waals surface area (Å²) in [4.78, 5) is 21.3. The van der Waals surface area contributed by atoms with Crippen LogP contribution in [0.2, 0.25) is 0 Å². The van der Waals surface area contributed by atoms with Gasteiger partial charge in [-0.2, -0.15) is 0 Å². The van der Waals surface area contributed by atoms with Gasteiger partial charge < -0.3 is 24.5 Å². The maximum absolute atomic E-state index is 13.4. The van der Waals surface area contributed by atoms with Gasteiger partial charge in [0.15, 0.2) is 11.9 Å². The number of methoxy groups -OCH3 is 1. The molecule has 2 rings (SSSR count). The van der Waals surface area contributed by atoms with Crippen molar-refractivity contribution < 1.29 is 23.9 Å². The second-order valence-corrected chi connectivity index (χ2v) is 7.35. The summed E-state index contributed by atoms with van der Waals surface area (Å²) in [5.41, 5.74) is 0.937. The molecule has 1 amide bonds. The molecule has 1 aliphatic rings. The topological polar surface area (TPSA) is 74.6 Å². The number of aliphatic hydroxyl groups is 1. The van der Waals surface area contributed by atoms with Crippen LogP contribution in [0.5, 0.6) is 5.75 Å². The van der Waals surface area contributed by atoms with Crippen LogP contribution in [0.15, 0.2) is 23.4 Å². The molecule has 8 heteroatoms. The van der Waals surface area contributed by atoms with E-state index in [9.17, 15) is 14.3 Å². The van der Waals surface area contributed by atoms with Gasteiger partial charge in [0.1, 0.15) is 5.82 Å². The Morgan fingerprint density at radius 3 is 2.79 bits per heavy atom. The predicted molar refractivity (Wildman–Crippen MR) is 110 cm³/mol. The Morgan fingerprint density at radius 2 is 2.17 bits per heavy atom. The minimum Gasteiger partial charge on any atom is -0.381 e. The number of carbonyl (C=O) groups excluding carboxylic acids is 1. The molecule has 29 heavy (non-hydrogen) atoms. The third-order valence-electron chi connectivity index (χ3n) is 5.40. The molecule has 1 heterocycles. The molecular weight excluding hydrogens is 377 g/mol. The lowest BCUT2D eigenvalue weighted by Gasteiger charge is -2.34. The standard InChI is InChI=1S/C21H32FN3O4/c1-4-25(21(27)19(26)15-28-3)12-11-24-9-7-16(8-10-24)13-17-5-6-18(22)14-20(17)29-23-2/h5-6,14,16,19,26H,2,4,7-13,15H2,1,3H3. The van der Waals surface area contributed by atoms with Gasteiger partial charge in [0.25, 0.3) is 5.91 Å². The van der Waals surface area contributed by atoms with E-state index in [-0.39, 0.29) is 18.3 Å². The van der Waals surface area contributed by atoms with Gasteiger partial charge in [0.2, 0.25) is 0 Å². The number of aliphatic hydroxyl groups excluding tert-OH is 1. The van der Waals surface area contributed by atoms with E-state index in [4.69, 9.17) is 9.57 Å². The first kappa shape index (κ1) is 23.3. The second kappa shape index (κ2) is 11.8. The molecule has 1 unspecified atom stereocenters. The lowest BCUT2D eigenvalue weighted by atomic mass is 9.90. The van der Waals surface area contributed by atoms with E-state index in [1.165, 1.54) is 19.2 Å². The number of likely N-dealkylation sites (N-methyl/N-ethyl adjacent to an activating group) is 1. The maximum Gasteiger partial charge on any atom is 0.253 e. The second-order valence-electron chi connectivity index (χ2n) is 7.35. The average molecular weight is 410 g/mol. The number of halogens is 1. The number of benzene rings is 1. The fourth-order valence-electron chi connectivity index (χ4n) is 3.70. The Hall–Kier alpha value is -2.03. The molecular formula is C21H32FN3O4. The van der Waals surface area contributed by atoms with Crippen LogP contribution < -0.4 is 4.84 Å². The van der Waals surface area contributed by atoms with E-state index in [1.807, 2.05) is 6.92 Å². The highest BCUT2D eigenvalue weighted by molar-refractivity contribution is 5.80. The molecule has 1 atom stereocenters. The number of amides is 1. The van der Waals surface area contributed by atoms with Crippen LogP contribution in [0.1, 0.15) is 25.3 Å². The van der Waals surface area contributed by atoms with Crippen LogP contribution in [0, 0.1) is 11.7 Å². The fourth-order valence-corrected chi connectivity index (χ4v) is 3.70. The number of likely N-dealkylation sites (tertiary alicyclic amines) is 1. The average Bonchev–Trinajstić information content (AvgIpc) is 2.72. The van der Waals surface area contributed by atoms with Gasteiger partial charge in [-0.25, -0.2) is 4.39 Å². The number of piperidine rings is 1. The highest BCUT2D eigenvalue weighted by Gasteiger charge is 2.24. The quantitative estimate of drug-likeness (QED) is 0.447. The molecule has 0 saturated carbocycles. The van der Waals surface area contributed by atoms with E-state index in [0.717, 1.165) is 44.5 Å². The van der Waals surface area contributed by atoms with Crippen LogP contribution in [0.25, 0.3) is 0 Å². The van der Waals surface area contributed by atoms with Gasteiger partial charge in [-0.1, -0.05) is 11.2 Å². The molecule has 0 aliphatic carbocycles. The highest BCUT2D eigenvalue weighted by Crippen LogP contribution is 2.27. The van der Waals surface area contributed by atoms with Crippen molar-refractivity contribution in [3.05, 3.63) is 29.6 Å². The van der Waals surface area contributed by atoms with Crippen molar-refractivity contribution in [1.82, 2.24) is 9.80 Å². The molecule has 0 spiro atoms. The van der Waals surface area contributed by atoms with Crippen LogP contribution in [-0.2, 0) is 16.0 Å². The molecule has 0 bridgehead atoms. The lowest BCUT2D eigenvalue weighted by Crippen LogP contribution is -2.46. The Kier molecular flexibility index (Phi) is 9.50. The molecule has 1 aromatic carbocycles. The predicted octanol–water partition coefficient (Wildman–Crippen LogP) is 1.93. The Balaban J connectivity index is 1.80. The first-order chi connectivity index (χ1) is 14.0. The number of oxime groups is 1. The maximum atomic E-state index is 13.4. The first-order valence-electron chi connectivity index (χ1n) is 10.1. The van der Waals surface area contributed by atoms with Crippen molar-refractivity contribution in [3.8, 4) is 5.75 Å². The van der Waals surface area contributed by atoms with Gasteiger partial charge >= 0.3 is 0 Å². The summed E-state index contributed by atoms with van der Waals surface area (Å²) >= 11 is 0. The van der Waals surface area contributed by atoms with E-state index in [2.05, 4.69) is 16.8 Å². The summed E-state index contributed by atoms with van der Waals surface area (Å²) in [5.74, 6) is 0.266. The minimum absolute atomic E-state index is 0.0111. The van der Waals surface area contributed by atoms with Gasteiger partial charge in [-0.3, -0.25) is 4.79 Å². The SMILES string of the molecule is C=NOc1cc(F)ccc1CC1CCN(CCN(CC)C(=O)C(O)COC)CC1. The van der Waals surface area contributed by atoms with Crippen molar-refractivity contribution in [2.45, 2.75) is 32.3 Å². The largest absolute Gasteiger partial charge is 0.381 e. The van der Waals surface area contributed by atoms with Gasteiger partial charge in [0, 0.05) is 39.5 Å².